The van der Waals surface area contributed by atoms with Gasteiger partial charge in [0.15, 0.2) is 11.5 Å². The average molecular weight is 347 g/mol. The molecule has 1 aliphatic heterocycles. The van der Waals surface area contributed by atoms with Gasteiger partial charge in [-0.05, 0) is 51.6 Å². The summed E-state index contributed by atoms with van der Waals surface area (Å²) in [6.07, 6.45) is 3.77. The van der Waals surface area contributed by atoms with Gasteiger partial charge >= 0.3 is 0 Å². The van der Waals surface area contributed by atoms with E-state index in [1.807, 2.05) is 17.5 Å². The molecule has 3 rings (SSSR count). The Labute approximate surface area is 147 Å². The van der Waals surface area contributed by atoms with E-state index >= 15 is 0 Å². The fourth-order valence-corrected chi connectivity index (χ4v) is 3.90. The summed E-state index contributed by atoms with van der Waals surface area (Å²) in [4.78, 5) is 16.0. The molecule has 0 radical (unpaired) electrons. The monoisotopic (exact) mass is 347 g/mol. The molecule has 6 heteroatoms. The van der Waals surface area contributed by atoms with Gasteiger partial charge in [0.1, 0.15) is 0 Å². The van der Waals surface area contributed by atoms with Crippen LogP contribution in [0.1, 0.15) is 50.5 Å². The molecule has 130 valence electrons. The van der Waals surface area contributed by atoms with Crippen LogP contribution in [0.25, 0.3) is 10.6 Å². The van der Waals surface area contributed by atoms with E-state index in [9.17, 15) is 4.79 Å². The van der Waals surface area contributed by atoms with E-state index < -0.39 is 0 Å². The molecule has 0 spiro atoms. The molecule has 1 amide bonds. The molecule has 2 aromatic rings. The molecule has 2 aromatic heterocycles. The molecule has 1 saturated heterocycles. The number of carbonyl (C=O) groups is 1. The third kappa shape index (κ3) is 4.05. The lowest BCUT2D eigenvalue weighted by atomic mass is 9.98. The van der Waals surface area contributed by atoms with Crippen LogP contribution in [0.3, 0.4) is 0 Å². The van der Waals surface area contributed by atoms with Crippen LogP contribution >= 0.6 is 11.3 Å². The highest BCUT2D eigenvalue weighted by molar-refractivity contribution is 7.13. The molecule has 1 aliphatic rings. The first-order valence-electron chi connectivity index (χ1n) is 8.52. The predicted octanol–water partition coefficient (Wildman–Crippen LogP) is 3.79. The molecule has 5 nitrogen and oxygen atoms in total. The zero-order valence-electron chi connectivity index (χ0n) is 14.5. The molecular formula is C18H25N3O2S. The van der Waals surface area contributed by atoms with E-state index in [-0.39, 0.29) is 11.4 Å². The van der Waals surface area contributed by atoms with Crippen LogP contribution in [0.4, 0.5) is 0 Å². The number of rotatable bonds is 5. The van der Waals surface area contributed by atoms with Gasteiger partial charge < -0.3 is 9.84 Å². The number of amides is 1. The number of piperidine rings is 1. The minimum Gasteiger partial charge on any atom is -0.355 e. The lowest BCUT2D eigenvalue weighted by Gasteiger charge is -2.39. The molecule has 0 bridgehead atoms. The number of nitrogens with one attached hydrogen (secondary N) is 1. The number of carbonyl (C=O) groups excluding carboxylic acids is 1. The van der Waals surface area contributed by atoms with E-state index in [0.29, 0.717) is 17.5 Å². The summed E-state index contributed by atoms with van der Waals surface area (Å²) in [6.45, 7) is 8.34. The Morgan fingerprint density at radius 3 is 3.04 bits per heavy atom. The van der Waals surface area contributed by atoms with Crippen LogP contribution in [0.5, 0.6) is 0 Å². The van der Waals surface area contributed by atoms with Gasteiger partial charge in [-0.15, -0.1) is 11.3 Å². The molecule has 1 N–H and O–H groups in total. The van der Waals surface area contributed by atoms with Crippen molar-refractivity contribution >= 4 is 17.2 Å². The van der Waals surface area contributed by atoms with Crippen molar-refractivity contribution in [3.63, 3.8) is 0 Å². The number of aromatic nitrogens is 1. The Bertz CT molecular complexity index is 678. The maximum atomic E-state index is 12.5. The van der Waals surface area contributed by atoms with Crippen molar-refractivity contribution < 1.29 is 9.32 Å². The van der Waals surface area contributed by atoms with E-state index in [1.54, 1.807) is 17.4 Å². The van der Waals surface area contributed by atoms with Gasteiger partial charge in [0, 0.05) is 24.2 Å². The van der Waals surface area contributed by atoms with Crippen molar-refractivity contribution in [2.75, 3.05) is 13.1 Å². The van der Waals surface area contributed by atoms with Gasteiger partial charge in [-0.1, -0.05) is 17.6 Å². The number of hydrogen-bond acceptors (Lipinski definition) is 5. The zero-order valence-corrected chi connectivity index (χ0v) is 15.4. The maximum absolute atomic E-state index is 12.5. The minimum absolute atomic E-state index is 0.184. The highest BCUT2D eigenvalue weighted by Crippen LogP contribution is 2.25. The van der Waals surface area contributed by atoms with E-state index in [1.165, 1.54) is 19.3 Å². The quantitative estimate of drug-likeness (QED) is 0.894. The largest absolute Gasteiger partial charge is 0.355 e. The summed E-state index contributed by atoms with van der Waals surface area (Å²) in [6, 6.07) is 6.19. The highest BCUT2D eigenvalue weighted by atomic mass is 32.1. The van der Waals surface area contributed by atoms with Gasteiger partial charge in [-0.2, -0.15) is 0 Å². The summed E-state index contributed by atoms with van der Waals surface area (Å²) >= 11 is 1.57. The Morgan fingerprint density at radius 2 is 2.33 bits per heavy atom. The number of likely N-dealkylation sites (tertiary alicyclic amines) is 1. The third-order valence-electron chi connectivity index (χ3n) is 4.50. The third-order valence-corrected chi connectivity index (χ3v) is 5.38. The Hall–Kier alpha value is -1.66. The second kappa shape index (κ2) is 7.07. The Kier molecular flexibility index (Phi) is 5.06. The second-order valence-corrected chi connectivity index (χ2v) is 8.15. The second-order valence-electron chi connectivity index (χ2n) is 7.21. The maximum Gasteiger partial charge on any atom is 0.273 e. The molecular weight excluding hydrogens is 322 g/mol. The summed E-state index contributed by atoms with van der Waals surface area (Å²) in [5.41, 5.74) is 0.0169. The first kappa shape index (κ1) is 17.2. The summed E-state index contributed by atoms with van der Waals surface area (Å²) in [7, 11) is 0. The topological polar surface area (TPSA) is 58.4 Å². The van der Waals surface area contributed by atoms with Crippen LogP contribution in [0, 0.1) is 0 Å². The van der Waals surface area contributed by atoms with Crippen molar-refractivity contribution in [3.8, 4) is 10.6 Å². The molecule has 1 atom stereocenters. The summed E-state index contributed by atoms with van der Waals surface area (Å²) in [5.74, 6) is 0.453. The first-order chi connectivity index (χ1) is 11.4. The van der Waals surface area contributed by atoms with Crippen molar-refractivity contribution in [3.05, 3.63) is 29.3 Å². The molecule has 0 unspecified atom stereocenters. The van der Waals surface area contributed by atoms with Gasteiger partial charge in [-0.3, -0.25) is 9.69 Å². The summed E-state index contributed by atoms with van der Waals surface area (Å²) < 4.78 is 5.30. The normalized spacial score (nSPS) is 19.4. The standard InChI is InChI=1S/C18H25N3O2S/c1-13-7-4-5-9-21(13)12-18(2,3)19-17(22)14-11-15(23-20-14)16-8-6-10-24-16/h6,8,10-11,13H,4-5,7,9,12H2,1-3H3,(H,19,22)/t13-/m1/s1. The van der Waals surface area contributed by atoms with E-state index in [2.05, 4.69) is 36.1 Å². The van der Waals surface area contributed by atoms with Crippen LogP contribution in [-0.4, -0.2) is 40.6 Å². The van der Waals surface area contributed by atoms with E-state index in [0.717, 1.165) is 18.0 Å². The predicted molar refractivity (Wildman–Crippen MR) is 96.2 cm³/mol. The van der Waals surface area contributed by atoms with Crippen LogP contribution in [0.15, 0.2) is 28.1 Å². The molecule has 3 heterocycles. The first-order valence-corrected chi connectivity index (χ1v) is 9.40. The van der Waals surface area contributed by atoms with Crippen molar-refractivity contribution in [2.24, 2.45) is 0 Å². The lowest BCUT2D eigenvalue weighted by molar-refractivity contribution is 0.0826. The molecule has 0 saturated carbocycles. The van der Waals surface area contributed by atoms with Crippen LogP contribution < -0.4 is 5.32 Å². The van der Waals surface area contributed by atoms with E-state index in [4.69, 9.17) is 4.52 Å². The molecule has 1 fully saturated rings. The van der Waals surface area contributed by atoms with Crippen molar-refractivity contribution in [1.82, 2.24) is 15.4 Å². The fraction of sp³-hybridized carbons (Fsp3) is 0.556. The minimum atomic E-state index is -0.315. The van der Waals surface area contributed by atoms with Crippen molar-refractivity contribution in [1.29, 1.82) is 0 Å². The molecule has 0 aliphatic carbocycles. The van der Waals surface area contributed by atoms with Crippen LogP contribution in [-0.2, 0) is 0 Å². The van der Waals surface area contributed by atoms with Gasteiger partial charge in [0.2, 0.25) is 0 Å². The van der Waals surface area contributed by atoms with Gasteiger partial charge in [0.25, 0.3) is 5.91 Å². The average Bonchev–Trinajstić information content (AvgIpc) is 3.19. The highest BCUT2D eigenvalue weighted by Gasteiger charge is 2.29. The molecule has 0 aromatic carbocycles. The van der Waals surface area contributed by atoms with Gasteiger partial charge in [0.05, 0.1) is 4.88 Å². The Morgan fingerprint density at radius 1 is 1.50 bits per heavy atom. The van der Waals surface area contributed by atoms with Crippen molar-refractivity contribution in [2.45, 2.75) is 51.6 Å². The number of hydrogen-bond donors (Lipinski definition) is 1. The zero-order chi connectivity index (χ0) is 17.2. The smallest absolute Gasteiger partial charge is 0.273 e. The SMILES string of the molecule is C[C@@H]1CCCCN1CC(C)(C)NC(=O)c1cc(-c2cccs2)on1. The van der Waals surface area contributed by atoms with Gasteiger partial charge in [-0.25, -0.2) is 0 Å². The summed E-state index contributed by atoms with van der Waals surface area (Å²) in [5, 5.41) is 9.00. The number of nitrogens with zero attached hydrogens (tertiary/aromatic N) is 2. The molecule has 24 heavy (non-hydrogen) atoms. The fourth-order valence-electron chi connectivity index (χ4n) is 3.23. The lowest BCUT2D eigenvalue weighted by Crippen LogP contribution is -2.54. The number of thiophene rings is 1. The Balaban J connectivity index is 1.62. The van der Waals surface area contributed by atoms with Crippen LogP contribution in [0.2, 0.25) is 0 Å².